The van der Waals surface area contributed by atoms with Gasteiger partial charge >= 0.3 is 5.97 Å². The summed E-state index contributed by atoms with van der Waals surface area (Å²) in [4.78, 5) is 12.9. The van der Waals surface area contributed by atoms with Crippen molar-refractivity contribution >= 4 is 5.97 Å². The van der Waals surface area contributed by atoms with Gasteiger partial charge in [0.15, 0.2) is 12.4 Å². The van der Waals surface area contributed by atoms with Crippen molar-refractivity contribution in [1.82, 2.24) is 4.90 Å². The van der Waals surface area contributed by atoms with Crippen LogP contribution in [0.15, 0.2) is 11.5 Å². The van der Waals surface area contributed by atoms with Gasteiger partial charge in [0.1, 0.15) is 5.76 Å². The summed E-state index contributed by atoms with van der Waals surface area (Å²) in [5.41, 5.74) is 5.40. The second-order valence-electron chi connectivity index (χ2n) is 3.27. The molecule has 0 aliphatic carbocycles. The molecule has 80 valence electrons. The normalized spacial score (nSPS) is 17.0. The Morgan fingerprint density at radius 1 is 1.57 bits per heavy atom. The number of likely N-dealkylation sites (N-methyl/N-ethyl adjacent to an activating group) is 1. The zero-order valence-corrected chi connectivity index (χ0v) is 8.58. The Balaban J connectivity index is 2.53. The highest BCUT2D eigenvalue weighted by Gasteiger charge is 2.19. The summed E-state index contributed by atoms with van der Waals surface area (Å²) in [6, 6.07) is 0. The fourth-order valence-electron chi connectivity index (χ4n) is 1.17. The van der Waals surface area contributed by atoms with E-state index < -0.39 is 0 Å². The molecule has 1 aliphatic heterocycles. The highest BCUT2D eigenvalue weighted by Crippen LogP contribution is 2.14. The zero-order chi connectivity index (χ0) is 10.6. The van der Waals surface area contributed by atoms with Crippen LogP contribution in [0.2, 0.25) is 0 Å². The summed E-state index contributed by atoms with van der Waals surface area (Å²) in [7, 11) is 1.91. The second-order valence-corrected chi connectivity index (χ2v) is 3.27. The molecule has 0 atom stereocenters. The number of hydrogen-bond acceptors (Lipinski definition) is 5. The van der Waals surface area contributed by atoms with E-state index in [1.807, 2.05) is 11.9 Å². The zero-order valence-electron chi connectivity index (χ0n) is 8.58. The lowest BCUT2D eigenvalue weighted by molar-refractivity contribution is -0.147. The molecule has 0 bridgehead atoms. The molecule has 0 amide bonds. The minimum Gasteiger partial charge on any atom is -0.483 e. The molecule has 14 heavy (non-hydrogen) atoms. The van der Waals surface area contributed by atoms with Gasteiger partial charge in [-0.05, 0) is 14.0 Å². The third kappa shape index (κ3) is 3.01. The summed E-state index contributed by atoms with van der Waals surface area (Å²) in [5, 5.41) is 0. The van der Waals surface area contributed by atoms with E-state index in [0.29, 0.717) is 24.6 Å². The quantitative estimate of drug-likeness (QED) is 0.630. The van der Waals surface area contributed by atoms with Crippen molar-refractivity contribution < 1.29 is 14.3 Å². The first-order valence-corrected chi connectivity index (χ1v) is 4.55. The van der Waals surface area contributed by atoms with Crippen LogP contribution in [-0.2, 0) is 14.3 Å². The van der Waals surface area contributed by atoms with Gasteiger partial charge in [-0.25, -0.2) is 4.79 Å². The SMILES string of the molecule is CC1=C(CN(C)CCN)OC(=O)CO1. The van der Waals surface area contributed by atoms with Gasteiger partial charge in [0.25, 0.3) is 0 Å². The summed E-state index contributed by atoms with van der Waals surface area (Å²) in [5.74, 6) is 0.914. The molecule has 1 rings (SSSR count). The number of carbonyl (C=O) groups excluding carboxylic acids is 1. The predicted molar refractivity (Wildman–Crippen MR) is 51.3 cm³/mol. The van der Waals surface area contributed by atoms with Crippen molar-refractivity contribution in [3.8, 4) is 0 Å². The van der Waals surface area contributed by atoms with E-state index >= 15 is 0 Å². The highest BCUT2D eigenvalue weighted by atomic mass is 16.6. The van der Waals surface area contributed by atoms with E-state index in [-0.39, 0.29) is 12.6 Å². The number of esters is 1. The number of carbonyl (C=O) groups is 1. The molecular formula is C9H16N2O3. The smallest absolute Gasteiger partial charge is 0.349 e. The van der Waals surface area contributed by atoms with E-state index in [0.717, 1.165) is 6.54 Å². The average Bonchev–Trinajstić information content (AvgIpc) is 2.12. The number of nitrogens with two attached hydrogens (primary N) is 1. The number of hydrogen-bond donors (Lipinski definition) is 1. The van der Waals surface area contributed by atoms with Gasteiger partial charge in [0.05, 0.1) is 6.54 Å². The molecule has 0 unspecified atom stereocenters. The Labute approximate surface area is 83.5 Å². The predicted octanol–water partition coefficient (Wildman–Crippen LogP) is -0.318. The number of nitrogens with zero attached hydrogens (tertiary/aromatic N) is 1. The maximum atomic E-state index is 10.9. The van der Waals surface area contributed by atoms with E-state index in [2.05, 4.69) is 0 Å². The Kier molecular flexibility index (Phi) is 3.91. The van der Waals surface area contributed by atoms with Crippen molar-refractivity contribution in [2.45, 2.75) is 6.92 Å². The molecule has 0 aromatic heterocycles. The van der Waals surface area contributed by atoms with Crippen LogP contribution in [-0.4, -0.2) is 44.2 Å². The van der Waals surface area contributed by atoms with Crippen LogP contribution in [0.4, 0.5) is 0 Å². The standard InChI is InChI=1S/C9H16N2O3/c1-7-8(5-11(2)4-3-10)14-9(12)6-13-7/h3-6,10H2,1-2H3. The summed E-state index contributed by atoms with van der Waals surface area (Å²) >= 11 is 0. The molecule has 1 aliphatic rings. The highest BCUT2D eigenvalue weighted by molar-refractivity contribution is 5.73. The van der Waals surface area contributed by atoms with Crippen LogP contribution in [0.1, 0.15) is 6.92 Å². The molecule has 5 heteroatoms. The molecule has 1 heterocycles. The van der Waals surface area contributed by atoms with Crippen LogP contribution in [0.25, 0.3) is 0 Å². The number of rotatable bonds is 4. The largest absolute Gasteiger partial charge is 0.483 e. The summed E-state index contributed by atoms with van der Waals surface area (Å²) < 4.78 is 10.2. The molecule has 0 aromatic rings. The van der Waals surface area contributed by atoms with Crippen molar-refractivity contribution in [2.75, 3.05) is 33.3 Å². The van der Waals surface area contributed by atoms with Crippen molar-refractivity contribution in [2.24, 2.45) is 5.73 Å². The molecular weight excluding hydrogens is 184 g/mol. The summed E-state index contributed by atoms with van der Waals surface area (Å²) in [6.07, 6.45) is 0. The Morgan fingerprint density at radius 2 is 2.29 bits per heavy atom. The van der Waals surface area contributed by atoms with Crippen LogP contribution in [0, 0.1) is 0 Å². The number of ether oxygens (including phenoxy) is 2. The Bertz CT molecular complexity index is 250. The van der Waals surface area contributed by atoms with Gasteiger partial charge in [-0.15, -0.1) is 0 Å². The molecule has 5 nitrogen and oxygen atoms in total. The van der Waals surface area contributed by atoms with Gasteiger partial charge in [0.2, 0.25) is 0 Å². The minimum atomic E-state index is -0.341. The second kappa shape index (κ2) is 4.97. The lowest BCUT2D eigenvalue weighted by Crippen LogP contribution is -2.31. The lowest BCUT2D eigenvalue weighted by Gasteiger charge is -2.22. The van der Waals surface area contributed by atoms with Crippen LogP contribution in [0.5, 0.6) is 0 Å². The lowest BCUT2D eigenvalue weighted by atomic mass is 10.3. The molecule has 0 spiro atoms. The first kappa shape index (κ1) is 11.0. The molecule has 0 saturated carbocycles. The molecule has 0 radical (unpaired) electrons. The van der Waals surface area contributed by atoms with Gasteiger partial charge in [-0.2, -0.15) is 0 Å². The third-order valence-electron chi connectivity index (χ3n) is 1.96. The third-order valence-corrected chi connectivity index (χ3v) is 1.96. The average molecular weight is 200 g/mol. The van der Waals surface area contributed by atoms with Crippen molar-refractivity contribution in [1.29, 1.82) is 0 Å². The van der Waals surface area contributed by atoms with E-state index in [1.165, 1.54) is 0 Å². The summed E-state index contributed by atoms with van der Waals surface area (Å²) in [6.45, 7) is 3.69. The molecule has 2 N–H and O–H groups in total. The first-order valence-electron chi connectivity index (χ1n) is 4.55. The number of allylic oxidation sites excluding steroid dienone is 1. The topological polar surface area (TPSA) is 64.8 Å². The van der Waals surface area contributed by atoms with Crippen molar-refractivity contribution in [3.63, 3.8) is 0 Å². The van der Waals surface area contributed by atoms with Crippen LogP contribution in [0.3, 0.4) is 0 Å². The fourth-order valence-corrected chi connectivity index (χ4v) is 1.17. The molecule has 0 aromatic carbocycles. The molecule has 0 saturated heterocycles. The Morgan fingerprint density at radius 3 is 2.93 bits per heavy atom. The van der Waals surface area contributed by atoms with Gasteiger partial charge in [0, 0.05) is 13.1 Å². The maximum absolute atomic E-state index is 10.9. The van der Waals surface area contributed by atoms with Crippen LogP contribution >= 0.6 is 0 Å². The fraction of sp³-hybridized carbons (Fsp3) is 0.667. The van der Waals surface area contributed by atoms with E-state index in [9.17, 15) is 4.79 Å². The monoisotopic (exact) mass is 200 g/mol. The minimum absolute atomic E-state index is 0.00986. The Hall–Kier alpha value is -1.07. The van der Waals surface area contributed by atoms with Gasteiger partial charge < -0.3 is 15.2 Å². The maximum Gasteiger partial charge on any atom is 0.349 e. The van der Waals surface area contributed by atoms with Crippen LogP contribution < -0.4 is 5.73 Å². The van der Waals surface area contributed by atoms with Gasteiger partial charge in [-0.3, -0.25) is 4.90 Å². The first-order chi connectivity index (χ1) is 6.63. The van der Waals surface area contributed by atoms with Gasteiger partial charge in [-0.1, -0.05) is 0 Å². The van der Waals surface area contributed by atoms with Crippen molar-refractivity contribution in [3.05, 3.63) is 11.5 Å². The number of cyclic esters (lactones) is 1. The molecule has 0 fully saturated rings. The van der Waals surface area contributed by atoms with E-state index in [4.69, 9.17) is 15.2 Å². The van der Waals surface area contributed by atoms with E-state index in [1.54, 1.807) is 6.92 Å².